The first kappa shape index (κ1) is 43.5. The summed E-state index contributed by atoms with van der Waals surface area (Å²) in [5.41, 5.74) is 0. The van der Waals surface area contributed by atoms with E-state index in [0.717, 1.165) is 11.4 Å². The van der Waals surface area contributed by atoms with Crippen LogP contribution in [0.15, 0.2) is 11.6 Å². The molecule has 4 amide bonds. The number of aromatic nitrogens is 1. The topological polar surface area (TPSA) is 174 Å². The summed E-state index contributed by atoms with van der Waals surface area (Å²) in [6, 6.07) is -3.00. The maximum Gasteiger partial charge on any atom is 0.245 e. The normalized spacial score (nSPS) is 19.7. The molecule has 0 aliphatic carbocycles. The fourth-order valence-electron chi connectivity index (χ4n) is 6.83. The molecule has 1 aromatic heterocycles. The number of likely N-dealkylation sites (N-methyl/N-ethyl adjacent to an activating group) is 2. The number of aliphatic hydroxyl groups is 2. The van der Waals surface area contributed by atoms with Crippen LogP contribution >= 0.6 is 11.3 Å². The van der Waals surface area contributed by atoms with Crippen LogP contribution in [0.2, 0.25) is 0 Å². The van der Waals surface area contributed by atoms with E-state index in [9.17, 15) is 29.4 Å². The summed E-state index contributed by atoms with van der Waals surface area (Å²) in [5.74, 6) is -2.10. The average Bonchev–Trinajstić information content (AvgIpc) is 3.79. The lowest BCUT2D eigenvalue weighted by Gasteiger charge is -2.41. The summed E-state index contributed by atoms with van der Waals surface area (Å²) in [6.07, 6.45) is 2.98. The van der Waals surface area contributed by atoms with Crippen molar-refractivity contribution < 1.29 is 38.9 Å². The minimum Gasteiger partial charge on any atom is -0.394 e. The molecule has 1 saturated heterocycles. The summed E-state index contributed by atoms with van der Waals surface area (Å²) in [4.78, 5) is 63.7. The van der Waals surface area contributed by atoms with E-state index >= 15 is 0 Å². The maximum atomic E-state index is 14.1. The number of amides is 4. The highest BCUT2D eigenvalue weighted by Crippen LogP contribution is 2.29. The van der Waals surface area contributed by atoms with Gasteiger partial charge in [0.05, 0.1) is 60.9 Å². The van der Waals surface area contributed by atoms with Crippen molar-refractivity contribution >= 4 is 35.0 Å². The highest BCUT2D eigenvalue weighted by atomic mass is 32.1. The summed E-state index contributed by atoms with van der Waals surface area (Å²) in [7, 11) is 8.12. The van der Waals surface area contributed by atoms with E-state index in [1.807, 2.05) is 33.1 Å². The first-order valence-corrected chi connectivity index (χ1v) is 18.5. The SMILES string of the molecule is CC[C@H](C)[C@@H]([C@@H](CC(=O)N1CCC[C@H]1[C@H](OC)[C@@H](C)C(=O)NC(CO)Cc1nccs1)OC)N(C)C(=O)[C@@H](NC(=O)[C@H](CO)N(C)C)C(C)C. The van der Waals surface area contributed by atoms with Crippen LogP contribution < -0.4 is 10.6 Å². The Labute approximate surface area is 302 Å². The summed E-state index contributed by atoms with van der Waals surface area (Å²) < 4.78 is 11.8. The van der Waals surface area contributed by atoms with Crippen molar-refractivity contribution in [2.24, 2.45) is 17.8 Å². The molecule has 0 spiro atoms. The summed E-state index contributed by atoms with van der Waals surface area (Å²) in [5, 5.41) is 28.1. The van der Waals surface area contributed by atoms with Crippen molar-refractivity contribution in [2.75, 3.05) is 55.1 Å². The smallest absolute Gasteiger partial charge is 0.245 e. The van der Waals surface area contributed by atoms with Gasteiger partial charge in [-0.15, -0.1) is 11.3 Å². The number of methoxy groups -OCH3 is 2. The Morgan fingerprint density at radius 2 is 1.72 bits per heavy atom. The molecular formula is C35H62N6O8S. The Morgan fingerprint density at radius 3 is 2.22 bits per heavy atom. The fourth-order valence-corrected chi connectivity index (χ4v) is 7.53. The third kappa shape index (κ3) is 11.4. The summed E-state index contributed by atoms with van der Waals surface area (Å²) in [6.45, 7) is 9.36. The van der Waals surface area contributed by atoms with Gasteiger partial charge in [0, 0.05) is 45.8 Å². The van der Waals surface area contributed by atoms with Crippen LogP contribution in [0.25, 0.3) is 0 Å². The highest BCUT2D eigenvalue weighted by molar-refractivity contribution is 7.09. The van der Waals surface area contributed by atoms with Gasteiger partial charge in [-0.25, -0.2) is 4.98 Å². The van der Waals surface area contributed by atoms with Gasteiger partial charge in [-0.3, -0.25) is 24.1 Å². The van der Waals surface area contributed by atoms with E-state index in [-0.39, 0.29) is 48.6 Å². The number of nitrogens with zero attached hydrogens (tertiary/aromatic N) is 4. The van der Waals surface area contributed by atoms with Crippen LogP contribution in [0.3, 0.4) is 0 Å². The molecule has 1 fully saturated rings. The van der Waals surface area contributed by atoms with Gasteiger partial charge in [-0.2, -0.15) is 0 Å². The summed E-state index contributed by atoms with van der Waals surface area (Å²) >= 11 is 1.46. The molecule has 50 heavy (non-hydrogen) atoms. The van der Waals surface area contributed by atoms with Crippen molar-refractivity contribution in [2.45, 2.75) is 109 Å². The molecule has 0 bridgehead atoms. The van der Waals surface area contributed by atoms with Gasteiger partial charge in [0.15, 0.2) is 0 Å². The second kappa shape index (κ2) is 21.0. The third-order valence-electron chi connectivity index (χ3n) is 10.1. The molecule has 14 nitrogen and oxygen atoms in total. The minimum atomic E-state index is -0.855. The minimum absolute atomic E-state index is 0.00294. The zero-order valence-corrected chi connectivity index (χ0v) is 32.4. The van der Waals surface area contributed by atoms with Crippen molar-refractivity contribution in [3.05, 3.63) is 16.6 Å². The Balaban J connectivity index is 2.24. The lowest BCUT2D eigenvalue weighted by molar-refractivity contribution is -0.148. The number of likely N-dealkylation sites (tertiary alicyclic amines) is 1. The fraction of sp³-hybridized carbons (Fsp3) is 0.800. The number of ether oxygens (including phenoxy) is 2. The number of hydrogen-bond acceptors (Lipinski definition) is 11. The molecule has 0 aromatic carbocycles. The number of rotatable bonds is 21. The number of carbonyl (C=O) groups excluding carboxylic acids is 4. The Hall–Kier alpha value is -2.69. The van der Waals surface area contributed by atoms with E-state index in [1.54, 1.807) is 49.0 Å². The van der Waals surface area contributed by atoms with Gasteiger partial charge < -0.3 is 40.1 Å². The van der Waals surface area contributed by atoms with Gasteiger partial charge in [0.25, 0.3) is 0 Å². The second-order valence-electron chi connectivity index (χ2n) is 14.0. The molecule has 15 heteroatoms. The first-order valence-electron chi connectivity index (χ1n) is 17.7. The Kier molecular flexibility index (Phi) is 18.2. The van der Waals surface area contributed by atoms with Gasteiger partial charge in [0.1, 0.15) is 12.1 Å². The molecule has 1 aliphatic heterocycles. The Morgan fingerprint density at radius 1 is 1.04 bits per heavy atom. The number of aliphatic hydroxyl groups excluding tert-OH is 2. The molecular weight excluding hydrogens is 664 g/mol. The lowest BCUT2D eigenvalue weighted by Crippen LogP contribution is -2.59. The molecule has 2 rings (SSSR count). The predicted octanol–water partition coefficient (Wildman–Crippen LogP) is 1.15. The van der Waals surface area contributed by atoms with Crippen LogP contribution in [0.5, 0.6) is 0 Å². The lowest BCUT2D eigenvalue weighted by atomic mass is 9.89. The van der Waals surface area contributed by atoms with Gasteiger partial charge in [0.2, 0.25) is 23.6 Å². The van der Waals surface area contributed by atoms with Gasteiger partial charge in [-0.1, -0.05) is 41.0 Å². The average molecular weight is 727 g/mol. The van der Waals surface area contributed by atoms with E-state index in [2.05, 4.69) is 15.6 Å². The van der Waals surface area contributed by atoms with Crippen LogP contribution in [0.1, 0.15) is 65.3 Å². The molecule has 1 aliphatic rings. The molecule has 2 heterocycles. The molecule has 1 aromatic rings. The number of carbonyl (C=O) groups is 4. The maximum absolute atomic E-state index is 14.1. The van der Waals surface area contributed by atoms with Crippen molar-refractivity contribution in [1.29, 1.82) is 0 Å². The quantitative estimate of drug-likeness (QED) is 0.144. The molecule has 0 radical (unpaired) electrons. The molecule has 9 atom stereocenters. The standard InChI is InChI=1S/C35H62N6O8S/c1-11-22(4)31(40(8)35(47)30(21(2)3)38-34(46)26(20-43)39(6)7)27(48-9)18-29(44)41-15-12-13-25(41)32(49-10)23(5)33(45)37-24(19-42)17-28-36-14-16-50-28/h14,16,21-27,30-32,42-43H,11-13,15,17-20H2,1-10H3,(H,37,45)(H,38,46)/t22-,23+,24?,25-,26-,27+,30-,31-,32+/m0/s1. The predicted molar refractivity (Wildman–Crippen MR) is 192 cm³/mol. The van der Waals surface area contributed by atoms with Crippen LogP contribution in [-0.4, -0.2) is 151 Å². The number of hydrogen-bond donors (Lipinski definition) is 4. The van der Waals surface area contributed by atoms with Crippen molar-refractivity contribution in [1.82, 2.24) is 30.3 Å². The van der Waals surface area contributed by atoms with E-state index in [0.29, 0.717) is 25.8 Å². The van der Waals surface area contributed by atoms with E-state index < -0.39 is 54.8 Å². The van der Waals surface area contributed by atoms with Gasteiger partial charge in [-0.05, 0) is 38.8 Å². The molecule has 286 valence electrons. The first-order chi connectivity index (χ1) is 23.7. The number of thiazole rings is 1. The number of nitrogens with one attached hydrogen (secondary N) is 2. The van der Waals surface area contributed by atoms with E-state index in [1.165, 1.54) is 25.6 Å². The molecule has 4 N–H and O–H groups in total. The largest absolute Gasteiger partial charge is 0.394 e. The highest BCUT2D eigenvalue weighted by Gasteiger charge is 2.43. The molecule has 0 saturated carbocycles. The molecule has 1 unspecified atom stereocenters. The van der Waals surface area contributed by atoms with Crippen molar-refractivity contribution in [3.8, 4) is 0 Å². The van der Waals surface area contributed by atoms with Crippen LogP contribution in [0, 0.1) is 17.8 Å². The second-order valence-corrected chi connectivity index (χ2v) is 15.0. The van der Waals surface area contributed by atoms with E-state index in [4.69, 9.17) is 9.47 Å². The third-order valence-corrected chi connectivity index (χ3v) is 10.9. The van der Waals surface area contributed by atoms with Gasteiger partial charge >= 0.3 is 0 Å². The Bertz CT molecular complexity index is 1200. The zero-order chi connectivity index (χ0) is 37.7. The van der Waals surface area contributed by atoms with Crippen LogP contribution in [-0.2, 0) is 35.1 Å². The monoisotopic (exact) mass is 726 g/mol. The van der Waals surface area contributed by atoms with Crippen LogP contribution in [0.4, 0.5) is 0 Å². The zero-order valence-electron chi connectivity index (χ0n) is 31.6. The van der Waals surface area contributed by atoms with Crippen molar-refractivity contribution in [3.63, 3.8) is 0 Å².